The molecule has 0 unspecified atom stereocenters. The summed E-state index contributed by atoms with van der Waals surface area (Å²) in [6.07, 6.45) is 5.89. The van der Waals surface area contributed by atoms with E-state index in [4.69, 9.17) is 0 Å². The lowest BCUT2D eigenvalue weighted by molar-refractivity contribution is 0.0318. The van der Waals surface area contributed by atoms with Gasteiger partial charge in [-0.3, -0.25) is 9.80 Å². The molecule has 0 aliphatic heterocycles. The first-order chi connectivity index (χ1) is 7.41. The van der Waals surface area contributed by atoms with Gasteiger partial charge in [-0.15, -0.1) is 0 Å². The minimum atomic E-state index is 0.589. The van der Waals surface area contributed by atoms with Gasteiger partial charge >= 0.3 is 0 Å². The van der Waals surface area contributed by atoms with Gasteiger partial charge in [-0.2, -0.15) is 0 Å². The third kappa shape index (κ3) is 5.31. The van der Waals surface area contributed by atoms with E-state index in [0.29, 0.717) is 18.2 Å². The molecule has 0 aliphatic carbocycles. The number of hydrogen-bond donors (Lipinski definition) is 0. The topological polar surface area (TPSA) is 6.48 Å². The largest absolute Gasteiger partial charge is 0.289 e. The van der Waals surface area contributed by atoms with Gasteiger partial charge in [0, 0.05) is 12.1 Å². The Kier molecular flexibility index (Phi) is 8.04. The van der Waals surface area contributed by atoms with Crippen LogP contribution < -0.4 is 0 Å². The molecular weight excluding hydrogens is 196 g/mol. The van der Waals surface area contributed by atoms with Gasteiger partial charge in [0.25, 0.3) is 0 Å². The lowest BCUT2D eigenvalue weighted by Gasteiger charge is -2.40. The molecule has 2 heteroatoms. The highest BCUT2D eigenvalue weighted by Gasteiger charge is 2.22. The Morgan fingerprint density at radius 3 is 1.56 bits per heavy atom. The second kappa shape index (κ2) is 8.08. The van der Waals surface area contributed by atoms with Gasteiger partial charge in [0.2, 0.25) is 0 Å². The van der Waals surface area contributed by atoms with E-state index in [1.807, 2.05) is 0 Å². The number of unbranched alkanes of at least 4 members (excludes halogenated alkanes) is 2. The van der Waals surface area contributed by atoms with Crippen molar-refractivity contribution >= 4 is 0 Å². The summed E-state index contributed by atoms with van der Waals surface area (Å²) in [6, 6.07) is 1.24. The molecular formula is C14H32N2. The standard InChI is InChI=1S/C14H32N2/c1-8-9-10-11-14(15(6)12(2)3)16(7)13(4)5/h12-14H,8-11H2,1-7H3. The van der Waals surface area contributed by atoms with E-state index in [2.05, 4.69) is 58.5 Å². The monoisotopic (exact) mass is 228 g/mol. The van der Waals surface area contributed by atoms with Crippen LogP contribution in [0, 0.1) is 0 Å². The fourth-order valence-electron chi connectivity index (χ4n) is 1.96. The Morgan fingerprint density at radius 1 is 0.812 bits per heavy atom. The molecule has 0 spiro atoms. The molecule has 0 rings (SSSR count). The zero-order chi connectivity index (χ0) is 12.7. The first-order valence-corrected chi connectivity index (χ1v) is 6.85. The molecule has 0 aliphatic rings. The van der Waals surface area contributed by atoms with Gasteiger partial charge in [0.1, 0.15) is 0 Å². The van der Waals surface area contributed by atoms with Crippen LogP contribution in [0.1, 0.15) is 60.3 Å². The average molecular weight is 228 g/mol. The van der Waals surface area contributed by atoms with Crippen molar-refractivity contribution < 1.29 is 0 Å². The normalized spacial score (nSPS) is 12.8. The van der Waals surface area contributed by atoms with Crippen LogP contribution in [0.2, 0.25) is 0 Å². The van der Waals surface area contributed by atoms with Crippen molar-refractivity contribution in [2.24, 2.45) is 0 Å². The van der Waals surface area contributed by atoms with Crippen LogP contribution in [0.4, 0.5) is 0 Å². The van der Waals surface area contributed by atoms with Crippen molar-refractivity contribution in [2.75, 3.05) is 14.1 Å². The van der Waals surface area contributed by atoms with Gasteiger partial charge in [0.05, 0.1) is 6.17 Å². The van der Waals surface area contributed by atoms with Crippen LogP contribution >= 0.6 is 0 Å². The molecule has 0 radical (unpaired) electrons. The molecule has 16 heavy (non-hydrogen) atoms. The molecule has 0 heterocycles. The second-order valence-corrected chi connectivity index (χ2v) is 5.49. The highest BCUT2D eigenvalue weighted by molar-refractivity contribution is 4.73. The van der Waals surface area contributed by atoms with Crippen molar-refractivity contribution in [1.29, 1.82) is 0 Å². The van der Waals surface area contributed by atoms with Gasteiger partial charge < -0.3 is 0 Å². The average Bonchev–Trinajstić information content (AvgIpc) is 2.22. The first kappa shape index (κ1) is 15.9. The van der Waals surface area contributed by atoms with Gasteiger partial charge in [-0.1, -0.05) is 26.2 Å². The van der Waals surface area contributed by atoms with Crippen LogP contribution in [0.3, 0.4) is 0 Å². The maximum atomic E-state index is 2.50. The van der Waals surface area contributed by atoms with E-state index in [-0.39, 0.29) is 0 Å². The Morgan fingerprint density at radius 2 is 1.25 bits per heavy atom. The number of hydrogen-bond acceptors (Lipinski definition) is 2. The van der Waals surface area contributed by atoms with Crippen LogP contribution in [0.15, 0.2) is 0 Å². The molecule has 0 saturated carbocycles. The van der Waals surface area contributed by atoms with E-state index >= 15 is 0 Å². The van der Waals surface area contributed by atoms with Crippen molar-refractivity contribution in [1.82, 2.24) is 9.80 Å². The Balaban J connectivity index is 4.37. The van der Waals surface area contributed by atoms with Crippen molar-refractivity contribution in [3.63, 3.8) is 0 Å². The van der Waals surface area contributed by atoms with E-state index < -0.39 is 0 Å². The third-order valence-electron chi connectivity index (χ3n) is 3.64. The molecule has 0 aromatic rings. The summed E-state index contributed by atoms with van der Waals surface area (Å²) in [4.78, 5) is 4.99. The number of nitrogens with zero attached hydrogens (tertiary/aromatic N) is 2. The third-order valence-corrected chi connectivity index (χ3v) is 3.64. The summed E-state index contributed by atoms with van der Waals surface area (Å²) in [5.41, 5.74) is 0. The first-order valence-electron chi connectivity index (χ1n) is 6.85. The molecule has 0 bridgehead atoms. The van der Waals surface area contributed by atoms with Crippen LogP contribution in [0.25, 0.3) is 0 Å². The summed E-state index contributed by atoms with van der Waals surface area (Å²) in [6.45, 7) is 11.4. The number of rotatable bonds is 8. The molecule has 0 saturated heterocycles. The van der Waals surface area contributed by atoms with Crippen molar-refractivity contribution in [3.8, 4) is 0 Å². The zero-order valence-electron chi connectivity index (χ0n) is 12.5. The van der Waals surface area contributed by atoms with Crippen molar-refractivity contribution in [2.45, 2.75) is 78.6 Å². The maximum absolute atomic E-state index is 2.50. The lowest BCUT2D eigenvalue weighted by Crippen LogP contribution is -2.50. The molecule has 0 amide bonds. The van der Waals surface area contributed by atoms with E-state index in [1.165, 1.54) is 25.7 Å². The van der Waals surface area contributed by atoms with Gasteiger partial charge in [-0.05, 0) is 48.2 Å². The Bertz CT molecular complexity index is 152. The summed E-state index contributed by atoms with van der Waals surface area (Å²) < 4.78 is 0. The molecule has 0 N–H and O–H groups in total. The van der Waals surface area contributed by atoms with Gasteiger partial charge in [0.15, 0.2) is 0 Å². The van der Waals surface area contributed by atoms with E-state index in [9.17, 15) is 0 Å². The lowest BCUT2D eigenvalue weighted by atomic mass is 10.1. The molecule has 0 aromatic heterocycles. The van der Waals surface area contributed by atoms with E-state index in [1.54, 1.807) is 0 Å². The molecule has 2 nitrogen and oxygen atoms in total. The van der Waals surface area contributed by atoms with Crippen molar-refractivity contribution in [3.05, 3.63) is 0 Å². The Hall–Kier alpha value is -0.0800. The SMILES string of the molecule is CCCCCC(N(C)C(C)C)N(C)C(C)C. The minimum absolute atomic E-state index is 0.589. The summed E-state index contributed by atoms with van der Waals surface area (Å²) in [7, 11) is 4.50. The zero-order valence-corrected chi connectivity index (χ0v) is 12.5. The predicted octanol–water partition coefficient (Wildman–Crippen LogP) is 3.57. The van der Waals surface area contributed by atoms with Crippen LogP contribution in [-0.4, -0.2) is 42.1 Å². The highest BCUT2D eigenvalue weighted by Crippen LogP contribution is 2.16. The molecule has 0 aromatic carbocycles. The van der Waals surface area contributed by atoms with Gasteiger partial charge in [-0.25, -0.2) is 0 Å². The Labute approximate surface area is 103 Å². The molecule has 0 fully saturated rings. The van der Waals surface area contributed by atoms with E-state index in [0.717, 1.165) is 0 Å². The fourth-order valence-corrected chi connectivity index (χ4v) is 1.96. The van der Waals surface area contributed by atoms with Crippen LogP contribution in [0.5, 0.6) is 0 Å². The molecule has 0 atom stereocenters. The summed E-state index contributed by atoms with van der Waals surface area (Å²) >= 11 is 0. The highest BCUT2D eigenvalue weighted by atomic mass is 15.3. The smallest absolute Gasteiger partial charge is 0.0621 e. The fraction of sp³-hybridized carbons (Fsp3) is 1.00. The molecule has 98 valence electrons. The quantitative estimate of drug-likeness (QED) is 0.463. The summed E-state index contributed by atoms with van der Waals surface area (Å²) in [5, 5.41) is 0. The minimum Gasteiger partial charge on any atom is -0.289 e. The maximum Gasteiger partial charge on any atom is 0.0621 e. The summed E-state index contributed by atoms with van der Waals surface area (Å²) in [5.74, 6) is 0. The predicted molar refractivity (Wildman–Crippen MR) is 73.7 cm³/mol. The second-order valence-electron chi connectivity index (χ2n) is 5.49. The van der Waals surface area contributed by atoms with Crippen LogP contribution in [-0.2, 0) is 0 Å².